The zero-order valence-electron chi connectivity index (χ0n) is 18.2. The first-order valence-corrected chi connectivity index (χ1v) is 11.1. The van der Waals surface area contributed by atoms with Gasteiger partial charge in [-0.25, -0.2) is 4.98 Å². The summed E-state index contributed by atoms with van der Waals surface area (Å²) in [6.07, 6.45) is 3.30. The number of halogens is 1. The molecule has 32 heavy (non-hydrogen) atoms. The third-order valence-corrected chi connectivity index (χ3v) is 5.92. The molecule has 1 atom stereocenters. The van der Waals surface area contributed by atoms with Crippen LogP contribution < -0.4 is 5.32 Å². The van der Waals surface area contributed by atoms with E-state index in [0.717, 1.165) is 44.5 Å². The molecule has 9 heteroatoms. The number of oxazole rings is 1. The Morgan fingerprint density at radius 1 is 1.38 bits per heavy atom. The normalized spacial score (nSPS) is 16.9. The summed E-state index contributed by atoms with van der Waals surface area (Å²) >= 11 is 6.02. The molecule has 0 radical (unpaired) electrons. The van der Waals surface area contributed by atoms with Crippen molar-refractivity contribution in [3.8, 4) is 17.0 Å². The number of nitrogens with zero attached hydrogens (tertiary/aromatic N) is 3. The number of likely N-dealkylation sites (tertiary alicyclic amines) is 1. The quantitative estimate of drug-likeness (QED) is 0.503. The number of phenols is 1. The van der Waals surface area contributed by atoms with E-state index in [-0.39, 0.29) is 17.8 Å². The SMILES string of the molecule is COC(=O)CCCN1CCC[C@@H](Nc2nc3nc(-c4c(C)cc(Cl)cc4O)ccc3o2)C1. The number of hydrogen-bond acceptors (Lipinski definition) is 8. The van der Waals surface area contributed by atoms with Crippen molar-refractivity contribution in [2.75, 3.05) is 32.1 Å². The average molecular weight is 459 g/mol. The largest absolute Gasteiger partial charge is 0.507 e. The first-order chi connectivity index (χ1) is 15.4. The van der Waals surface area contributed by atoms with E-state index in [4.69, 9.17) is 20.8 Å². The molecule has 2 aromatic heterocycles. The van der Waals surface area contributed by atoms with Crippen LogP contribution in [-0.2, 0) is 9.53 Å². The number of rotatable bonds is 7. The number of aryl methyl sites for hydroxylation is 1. The molecule has 4 rings (SSSR count). The number of esters is 1. The number of hydrogen-bond donors (Lipinski definition) is 2. The minimum Gasteiger partial charge on any atom is -0.507 e. The molecular weight excluding hydrogens is 432 g/mol. The van der Waals surface area contributed by atoms with Gasteiger partial charge in [0.05, 0.1) is 12.8 Å². The average Bonchev–Trinajstić information content (AvgIpc) is 3.14. The Hall–Kier alpha value is -2.84. The van der Waals surface area contributed by atoms with E-state index < -0.39 is 0 Å². The molecule has 1 fully saturated rings. The first kappa shape index (κ1) is 22.4. The van der Waals surface area contributed by atoms with Gasteiger partial charge >= 0.3 is 5.97 Å². The second kappa shape index (κ2) is 9.75. The van der Waals surface area contributed by atoms with Gasteiger partial charge < -0.3 is 24.5 Å². The molecule has 0 bridgehead atoms. The number of ether oxygens (including phenoxy) is 1. The highest BCUT2D eigenvalue weighted by molar-refractivity contribution is 6.31. The monoisotopic (exact) mass is 458 g/mol. The van der Waals surface area contributed by atoms with E-state index in [1.807, 2.05) is 13.0 Å². The third kappa shape index (κ3) is 5.14. The van der Waals surface area contributed by atoms with E-state index in [1.54, 1.807) is 12.1 Å². The zero-order valence-corrected chi connectivity index (χ0v) is 19.0. The van der Waals surface area contributed by atoms with Crippen LogP contribution in [0.1, 0.15) is 31.2 Å². The maximum absolute atomic E-state index is 11.3. The Labute approximate surface area is 191 Å². The molecule has 170 valence electrons. The van der Waals surface area contributed by atoms with Gasteiger partial charge in [-0.1, -0.05) is 11.6 Å². The van der Waals surface area contributed by atoms with E-state index in [2.05, 4.69) is 20.2 Å². The molecule has 0 saturated carbocycles. The van der Waals surface area contributed by atoms with E-state index in [0.29, 0.717) is 39.9 Å². The second-order valence-corrected chi connectivity index (χ2v) is 8.55. The molecule has 1 saturated heterocycles. The third-order valence-electron chi connectivity index (χ3n) is 5.71. The first-order valence-electron chi connectivity index (χ1n) is 10.8. The molecular formula is C23H27ClN4O4. The van der Waals surface area contributed by atoms with E-state index in [1.165, 1.54) is 13.2 Å². The summed E-state index contributed by atoms with van der Waals surface area (Å²) in [5, 5.41) is 14.2. The number of fused-ring (bicyclic) bond motifs is 1. The van der Waals surface area contributed by atoms with Crippen molar-refractivity contribution >= 4 is 34.8 Å². The molecule has 0 amide bonds. The molecule has 0 unspecified atom stereocenters. The van der Waals surface area contributed by atoms with Crippen molar-refractivity contribution in [2.45, 2.75) is 38.6 Å². The second-order valence-electron chi connectivity index (χ2n) is 8.12. The topological polar surface area (TPSA) is 101 Å². The molecule has 1 aliphatic heterocycles. The highest BCUT2D eigenvalue weighted by Crippen LogP contribution is 2.35. The molecule has 8 nitrogen and oxygen atoms in total. The summed E-state index contributed by atoms with van der Waals surface area (Å²) in [4.78, 5) is 22.8. The van der Waals surface area contributed by atoms with Gasteiger partial charge in [-0.2, -0.15) is 4.98 Å². The molecule has 0 spiro atoms. The van der Waals surface area contributed by atoms with Gasteiger partial charge in [0.15, 0.2) is 5.58 Å². The standard InChI is InChI=1S/C23H27ClN4O4/c1-14-11-15(24)12-18(29)21(14)17-7-8-19-22(26-17)27-23(32-19)25-16-5-3-9-28(13-16)10-4-6-20(30)31-2/h7-8,11-12,16,29H,3-6,9-10,13H2,1-2H3,(H,25,26,27)/t16-/m1/s1. The van der Waals surface area contributed by atoms with Crippen LogP contribution in [0.4, 0.5) is 6.01 Å². The lowest BCUT2D eigenvalue weighted by Crippen LogP contribution is -2.42. The smallest absolute Gasteiger partial charge is 0.305 e. The lowest BCUT2D eigenvalue weighted by Gasteiger charge is -2.32. The number of anilines is 1. The van der Waals surface area contributed by atoms with Crippen LogP contribution in [0.5, 0.6) is 5.75 Å². The summed E-state index contributed by atoms with van der Waals surface area (Å²) in [7, 11) is 1.42. The van der Waals surface area contributed by atoms with Gasteiger partial charge in [-0.15, -0.1) is 0 Å². The van der Waals surface area contributed by atoms with Crippen molar-refractivity contribution in [2.24, 2.45) is 0 Å². The highest BCUT2D eigenvalue weighted by Gasteiger charge is 2.22. The summed E-state index contributed by atoms with van der Waals surface area (Å²) in [6, 6.07) is 7.55. The van der Waals surface area contributed by atoms with E-state index >= 15 is 0 Å². The number of benzene rings is 1. The van der Waals surface area contributed by atoms with Crippen LogP contribution in [0.25, 0.3) is 22.5 Å². The van der Waals surface area contributed by atoms with Crippen LogP contribution in [0, 0.1) is 6.92 Å². The van der Waals surface area contributed by atoms with Crippen LogP contribution in [0.15, 0.2) is 28.7 Å². The number of phenolic OH excluding ortho intramolecular Hbond substituents is 1. The molecule has 0 aliphatic carbocycles. The molecule has 1 aromatic carbocycles. The van der Waals surface area contributed by atoms with Gasteiger partial charge in [-0.05, 0) is 69.1 Å². The van der Waals surface area contributed by atoms with E-state index in [9.17, 15) is 9.90 Å². The maximum Gasteiger partial charge on any atom is 0.305 e. The molecule has 3 heterocycles. The van der Waals surface area contributed by atoms with Crippen molar-refractivity contribution in [1.29, 1.82) is 0 Å². The number of methoxy groups -OCH3 is 1. The number of aromatic nitrogens is 2. The predicted molar refractivity (Wildman–Crippen MR) is 123 cm³/mol. The fourth-order valence-electron chi connectivity index (χ4n) is 4.18. The highest BCUT2D eigenvalue weighted by atomic mass is 35.5. The minimum absolute atomic E-state index is 0.0817. The lowest BCUT2D eigenvalue weighted by molar-refractivity contribution is -0.140. The molecule has 3 aromatic rings. The van der Waals surface area contributed by atoms with Gasteiger partial charge in [0.1, 0.15) is 5.75 Å². The van der Waals surface area contributed by atoms with Crippen molar-refractivity contribution in [1.82, 2.24) is 14.9 Å². The van der Waals surface area contributed by atoms with Crippen molar-refractivity contribution < 1.29 is 19.1 Å². The van der Waals surface area contributed by atoms with Gasteiger partial charge in [0, 0.05) is 29.6 Å². The Morgan fingerprint density at radius 3 is 3.00 bits per heavy atom. The minimum atomic E-state index is -0.169. The van der Waals surface area contributed by atoms with Crippen molar-refractivity contribution in [3.05, 3.63) is 34.9 Å². The summed E-state index contributed by atoms with van der Waals surface area (Å²) in [5.41, 5.74) is 3.12. The lowest BCUT2D eigenvalue weighted by atomic mass is 10.0. The maximum atomic E-state index is 11.3. The summed E-state index contributed by atoms with van der Waals surface area (Å²) < 4.78 is 10.6. The Morgan fingerprint density at radius 2 is 2.22 bits per heavy atom. The summed E-state index contributed by atoms with van der Waals surface area (Å²) in [5.74, 6) is -0.0877. The zero-order chi connectivity index (χ0) is 22.7. The fourth-order valence-corrected chi connectivity index (χ4v) is 4.45. The summed E-state index contributed by atoms with van der Waals surface area (Å²) in [6.45, 7) is 4.61. The Bertz CT molecular complexity index is 1090. The number of piperidine rings is 1. The van der Waals surface area contributed by atoms with Crippen LogP contribution in [0.3, 0.4) is 0 Å². The Balaban J connectivity index is 1.44. The fraction of sp³-hybridized carbons (Fsp3) is 0.435. The predicted octanol–water partition coefficient (Wildman–Crippen LogP) is 4.39. The van der Waals surface area contributed by atoms with Crippen molar-refractivity contribution in [3.63, 3.8) is 0 Å². The van der Waals surface area contributed by atoms with Crippen LogP contribution in [0.2, 0.25) is 5.02 Å². The van der Waals surface area contributed by atoms with Crippen LogP contribution in [-0.4, -0.2) is 58.7 Å². The number of pyridine rings is 1. The number of nitrogens with one attached hydrogen (secondary N) is 1. The molecule has 1 aliphatic rings. The number of carbonyl (C=O) groups is 1. The van der Waals surface area contributed by atoms with Gasteiger partial charge in [-0.3, -0.25) is 4.79 Å². The van der Waals surface area contributed by atoms with Gasteiger partial charge in [0.2, 0.25) is 5.65 Å². The number of carbonyl (C=O) groups excluding carboxylic acids is 1. The number of aromatic hydroxyl groups is 1. The van der Waals surface area contributed by atoms with Crippen LogP contribution >= 0.6 is 11.6 Å². The Kier molecular flexibility index (Phi) is 6.81. The van der Waals surface area contributed by atoms with Gasteiger partial charge in [0.25, 0.3) is 6.01 Å². The molecule has 2 N–H and O–H groups in total.